The lowest BCUT2D eigenvalue weighted by atomic mass is 9.99. The first-order valence-corrected chi connectivity index (χ1v) is 7.02. The van der Waals surface area contributed by atoms with E-state index in [-0.39, 0.29) is 0 Å². The lowest BCUT2D eigenvalue weighted by molar-refractivity contribution is -0.117. The predicted octanol–water partition coefficient (Wildman–Crippen LogP) is 3.24. The van der Waals surface area contributed by atoms with Gasteiger partial charge in [-0.15, -0.1) is 0 Å². The van der Waals surface area contributed by atoms with Gasteiger partial charge in [0, 0.05) is 13.0 Å². The first-order chi connectivity index (χ1) is 8.75. The van der Waals surface area contributed by atoms with Crippen LogP contribution >= 0.6 is 0 Å². The zero-order valence-corrected chi connectivity index (χ0v) is 11.3. The molecule has 0 N–H and O–H groups in total. The zero-order chi connectivity index (χ0) is 12.8. The Morgan fingerprint density at radius 3 is 2.78 bits per heavy atom. The fraction of sp³-hybridized carbons (Fsp3) is 0.562. The molecule has 1 fully saturated rings. The fourth-order valence-electron chi connectivity index (χ4n) is 2.74. The summed E-state index contributed by atoms with van der Waals surface area (Å²) >= 11 is 0. The molecule has 1 aromatic carbocycles. The molecule has 1 aromatic rings. The number of unbranched alkanes of at least 4 members (excludes halogenated alkanes) is 1. The van der Waals surface area contributed by atoms with Gasteiger partial charge in [-0.1, -0.05) is 30.3 Å². The molecule has 98 valence electrons. The van der Waals surface area contributed by atoms with Crippen LogP contribution in [0.2, 0.25) is 0 Å². The van der Waals surface area contributed by atoms with Gasteiger partial charge in [-0.2, -0.15) is 0 Å². The molecule has 0 bridgehead atoms. The van der Waals surface area contributed by atoms with Gasteiger partial charge in [-0.25, -0.2) is 0 Å². The third-order valence-electron chi connectivity index (χ3n) is 3.80. The number of rotatable bonds is 6. The van der Waals surface area contributed by atoms with E-state index in [2.05, 4.69) is 35.2 Å². The quantitative estimate of drug-likeness (QED) is 0.717. The van der Waals surface area contributed by atoms with Crippen LogP contribution in [0.25, 0.3) is 0 Å². The summed E-state index contributed by atoms with van der Waals surface area (Å²) in [4.78, 5) is 13.4. The molecule has 2 nitrogen and oxygen atoms in total. The van der Waals surface area contributed by atoms with Gasteiger partial charge in [0.2, 0.25) is 0 Å². The molecular formula is C16H23NO. The minimum Gasteiger partial charge on any atom is -0.303 e. The first-order valence-electron chi connectivity index (χ1n) is 7.02. The van der Waals surface area contributed by atoms with E-state index in [0.717, 1.165) is 25.8 Å². The highest BCUT2D eigenvalue weighted by Crippen LogP contribution is 2.26. The van der Waals surface area contributed by atoms with Crippen molar-refractivity contribution < 1.29 is 4.79 Å². The summed E-state index contributed by atoms with van der Waals surface area (Å²) in [7, 11) is 0. The molecule has 1 atom stereocenters. The van der Waals surface area contributed by atoms with Gasteiger partial charge >= 0.3 is 0 Å². The number of carbonyl (C=O) groups is 1. The molecule has 2 heteroatoms. The number of benzene rings is 1. The van der Waals surface area contributed by atoms with E-state index in [0.29, 0.717) is 11.7 Å². The maximum atomic E-state index is 10.9. The van der Waals surface area contributed by atoms with Crippen LogP contribution in [0, 0.1) is 0 Å². The van der Waals surface area contributed by atoms with Crippen molar-refractivity contribution in [3.63, 3.8) is 0 Å². The van der Waals surface area contributed by atoms with Crippen LogP contribution in [-0.4, -0.2) is 30.3 Å². The van der Waals surface area contributed by atoms with E-state index in [1.807, 2.05) is 0 Å². The van der Waals surface area contributed by atoms with Crippen molar-refractivity contribution in [2.45, 2.75) is 38.5 Å². The largest absolute Gasteiger partial charge is 0.303 e. The van der Waals surface area contributed by atoms with Crippen LogP contribution in [0.4, 0.5) is 0 Å². The summed E-state index contributed by atoms with van der Waals surface area (Å²) in [5.41, 5.74) is 1.48. The third-order valence-corrected chi connectivity index (χ3v) is 3.80. The minimum absolute atomic E-state index is 0.318. The van der Waals surface area contributed by atoms with Crippen LogP contribution in [0.15, 0.2) is 30.3 Å². The number of hydrogen-bond donors (Lipinski definition) is 0. The molecule has 0 aliphatic carbocycles. The Morgan fingerprint density at radius 2 is 2.06 bits per heavy atom. The maximum absolute atomic E-state index is 10.9. The third kappa shape index (κ3) is 3.95. The fourth-order valence-corrected chi connectivity index (χ4v) is 2.74. The highest BCUT2D eigenvalue weighted by atomic mass is 16.1. The molecule has 0 aromatic heterocycles. The van der Waals surface area contributed by atoms with Gasteiger partial charge in [-0.3, -0.25) is 0 Å². The molecule has 0 saturated carbocycles. The Morgan fingerprint density at radius 1 is 1.28 bits per heavy atom. The van der Waals surface area contributed by atoms with Crippen LogP contribution in [0.5, 0.6) is 0 Å². The number of nitrogens with zero attached hydrogens (tertiary/aromatic N) is 1. The molecule has 1 aliphatic rings. The van der Waals surface area contributed by atoms with Gasteiger partial charge in [0.15, 0.2) is 0 Å². The van der Waals surface area contributed by atoms with E-state index in [1.165, 1.54) is 25.1 Å². The molecular weight excluding hydrogens is 222 g/mol. The van der Waals surface area contributed by atoms with Crippen molar-refractivity contribution in [2.24, 2.45) is 0 Å². The first kappa shape index (κ1) is 13.3. The van der Waals surface area contributed by atoms with Crippen molar-refractivity contribution in [3.8, 4) is 0 Å². The summed E-state index contributed by atoms with van der Waals surface area (Å²) in [6.45, 7) is 5.22. The van der Waals surface area contributed by atoms with Crippen LogP contribution in [0.1, 0.15) is 44.1 Å². The van der Waals surface area contributed by atoms with Crippen LogP contribution < -0.4 is 0 Å². The molecule has 2 rings (SSSR count). The monoisotopic (exact) mass is 245 g/mol. The Balaban J connectivity index is 1.70. The molecule has 1 saturated heterocycles. The average Bonchev–Trinajstić information content (AvgIpc) is 2.84. The number of Topliss-reactive ketones (excluding diaryl/α,β-unsaturated/α-hetero) is 1. The second-order valence-corrected chi connectivity index (χ2v) is 5.36. The van der Waals surface area contributed by atoms with Gasteiger partial charge in [0.1, 0.15) is 5.78 Å². The number of hydrogen-bond acceptors (Lipinski definition) is 2. The van der Waals surface area contributed by atoms with Crippen LogP contribution in [0.3, 0.4) is 0 Å². The second-order valence-electron chi connectivity index (χ2n) is 5.36. The van der Waals surface area contributed by atoms with Gasteiger partial charge in [-0.05, 0) is 50.8 Å². The van der Waals surface area contributed by atoms with Crippen molar-refractivity contribution in [1.29, 1.82) is 0 Å². The Hall–Kier alpha value is -1.15. The lowest BCUT2D eigenvalue weighted by Crippen LogP contribution is -2.21. The summed E-state index contributed by atoms with van der Waals surface area (Å²) in [5.74, 6) is 1.03. The summed E-state index contributed by atoms with van der Waals surface area (Å²) < 4.78 is 0. The van der Waals surface area contributed by atoms with Gasteiger partial charge in [0.25, 0.3) is 0 Å². The SMILES string of the molecule is CC(=O)CCCCN1CCC(c2ccccc2)C1. The average molecular weight is 245 g/mol. The minimum atomic E-state index is 0.318. The second kappa shape index (κ2) is 6.69. The van der Waals surface area contributed by atoms with E-state index in [4.69, 9.17) is 0 Å². The number of ketones is 1. The number of likely N-dealkylation sites (tertiary alicyclic amines) is 1. The normalized spacial score (nSPS) is 20.2. The number of carbonyl (C=O) groups excluding carboxylic acids is 1. The topological polar surface area (TPSA) is 20.3 Å². The highest BCUT2D eigenvalue weighted by Gasteiger charge is 2.22. The standard InChI is InChI=1S/C16H23NO/c1-14(18)7-5-6-11-17-12-10-16(13-17)15-8-3-2-4-9-15/h2-4,8-9,16H,5-7,10-13H2,1H3. The van der Waals surface area contributed by atoms with E-state index < -0.39 is 0 Å². The lowest BCUT2D eigenvalue weighted by Gasteiger charge is -2.15. The van der Waals surface area contributed by atoms with E-state index in [1.54, 1.807) is 6.92 Å². The smallest absolute Gasteiger partial charge is 0.129 e. The Labute approximate surface area is 110 Å². The van der Waals surface area contributed by atoms with Crippen molar-refractivity contribution in [2.75, 3.05) is 19.6 Å². The van der Waals surface area contributed by atoms with E-state index >= 15 is 0 Å². The maximum Gasteiger partial charge on any atom is 0.129 e. The molecule has 0 amide bonds. The Kier molecular flexibility index (Phi) is 4.94. The van der Waals surface area contributed by atoms with E-state index in [9.17, 15) is 4.79 Å². The van der Waals surface area contributed by atoms with Gasteiger partial charge < -0.3 is 9.69 Å². The van der Waals surface area contributed by atoms with Crippen molar-refractivity contribution in [3.05, 3.63) is 35.9 Å². The molecule has 1 unspecified atom stereocenters. The molecule has 0 radical (unpaired) electrons. The highest BCUT2D eigenvalue weighted by molar-refractivity contribution is 5.75. The summed E-state index contributed by atoms with van der Waals surface area (Å²) in [5, 5.41) is 0. The predicted molar refractivity (Wildman–Crippen MR) is 74.8 cm³/mol. The van der Waals surface area contributed by atoms with Gasteiger partial charge in [0.05, 0.1) is 0 Å². The van der Waals surface area contributed by atoms with Crippen molar-refractivity contribution in [1.82, 2.24) is 4.90 Å². The molecule has 0 spiro atoms. The summed E-state index contributed by atoms with van der Waals surface area (Å²) in [6.07, 6.45) is 4.22. The molecule has 1 heterocycles. The zero-order valence-electron chi connectivity index (χ0n) is 11.3. The van der Waals surface area contributed by atoms with Crippen LogP contribution in [-0.2, 0) is 4.79 Å². The van der Waals surface area contributed by atoms with Crippen molar-refractivity contribution >= 4 is 5.78 Å². The summed E-state index contributed by atoms with van der Waals surface area (Å²) in [6, 6.07) is 10.8. The Bertz CT molecular complexity index is 374. The molecule has 18 heavy (non-hydrogen) atoms. The molecule has 1 aliphatic heterocycles.